The highest BCUT2D eigenvalue weighted by Crippen LogP contribution is 2.31. The molecular formula is C19H16BrF3N2O. The van der Waals surface area contributed by atoms with Crippen molar-refractivity contribution in [1.82, 2.24) is 9.78 Å². The van der Waals surface area contributed by atoms with E-state index in [0.717, 1.165) is 29.1 Å². The Morgan fingerprint density at radius 2 is 1.69 bits per heavy atom. The van der Waals surface area contributed by atoms with E-state index in [-0.39, 0.29) is 0 Å². The van der Waals surface area contributed by atoms with E-state index < -0.39 is 11.7 Å². The second kappa shape index (κ2) is 7.53. The summed E-state index contributed by atoms with van der Waals surface area (Å²) in [7, 11) is 1.61. The molecule has 0 bridgehead atoms. The van der Waals surface area contributed by atoms with Crippen LogP contribution in [0, 0.1) is 0 Å². The summed E-state index contributed by atoms with van der Waals surface area (Å²) < 4.78 is 45.1. The zero-order valence-corrected chi connectivity index (χ0v) is 15.5. The van der Waals surface area contributed by atoms with Gasteiger partial charge in [-0.1, -0.05) is 40.2 Å². The van der Waals surface area contributed by atoms with Crippen molar-refractivity contribution < 1.29 is 17.9 Å². The molecule has 0 amide bonds. The van der Waals surface area contributed by atoms with E-state index in [1.807, 2.05) is 35.0 Å². The minimum Gasteiger partial charge on any atom is -0.497 e. The van der Waals surface area contributed by atoms with E-state index in [9.17, 15) is 13.2 Å². The average Bonchev–Trinajstić information content (AvgIpc) is 3.04. The Hall–Kier alpha value is -2.28. The fraction of sp³-hybridized carbons (Fsp3) is 0.211. The third-order valence-electron chi connectivity index (χ3n) is 4.00. The van der Waals surface area contributed by atoms with Crippen molar-refractivity contribution in [2.24, 2.45) is 0 Å². The maximum atomic E-state index is 12.7. The van der Waals surface area contributed by atoms with Gasteiger partial charge in [-0.3, -0.25) is 4.68 Å². The van der Waals surface area contributed by atoms with Crippen LogP contribution in [0.1, 0.15) is 16.8 Å². The number of halogens is 4. The molecule has 1 heterocycles. The minimum absolute atomic E-state index is 0.561. The molecule has 7 heteroatoms. The van der Waals surface area contributed by atoms with Crippen LogP contribution in [0.4, 0.5) is 13.2 Å². The van der Waals surface area contributed by atoms with Gasteiger partial charge >= 0.3 is 6.18 Å². The predicted molar refractivity (Wildman–Crippen MR) is 97.4 cm³/mol. The molecule has 2 aromatic carbocycles. The van der Waals surface area contributed by atoms with Gasteiger partial charge in [-0.15, -0.1) is 0 Å². The standard InChI is InChI=1S/C19H16BrF3N2O/c1-26-17-8-2-13(3-9-17)12-25-16(11-20)10-18(24-25)14-4-6-15(7-5-14)19(21,22)23/h2-10H,11-12H2,1H3. The zero-order chi connectivity index (χ0) is 18.7. The van der Waals surface area contributed by atoms with Crippen LogP contribution in [0.2, 0.25) is 0 Å². The largest absolute Gasteiger partial charge is 0.497 e. The Kier molecular flexibility index (Phi) is 5.36. The summed E-state index contributed by atoms with van der Waals surface area (Å²) in [6, 6.07) is 14.6. The first kappa shape index (κ1) is 18.5. The molecule has 0 N–H and O–H groups in total. The molecule has 0 aliphatic rings. The van der Waals surface area contributed by atoms with Crippen LogP contribution in [-0.2, 0) is 18.1 Å². The van der Waals surface area contributed by atoms with Crippen LogP contribution in [0.15, 0.2) is 54.6 Å². The van der Waals surface area contributed by atoms with Gasteiger partial charge in [0.15, 0.2) is 0 Å². The first-order chi connectivity index (χ1) is 12.4. The van der Waals surface area contributed by atoms with Crippen molar-refractivity contribution in [2.75, 3.05) is 7.11 Å². The van der Waals surface area contributed by atoms with Gasteiger partial charge in [0, 0.05) is 16.6 Å². The van der Waals surface area contributed by atoms with Gasteiger partial charge in [-0.05, 0) is 35.9 Å². The Bertz CT molecular complexity index is 871. The van der Waals surface area contributed by atoms with Crippen molar-refractivity contribution >= 4 is 15.9 Å². The smallest absolute Gasteiger partial charge is 0.416 e. The minimum atomic E-state index is -4.34. The summed E-state index contributed by atoms with van der Waals surface area (Å²) in [6.45, 7) is 0.561. The highest BCUT2D eigenvalue weighted by atomic mass is 79.9. The number of ether oxygens (including phenoxy) is 1. The molecule has 3 aromatic rings. The molecule has 0 fully saturated rings. The number of benzene rings is 2. The highest BCUT2D eigenvalue weighted by molar-refractivity contribution is 9.08. The fourth-order valence-electron chi connectivity index (χ4n) is 2.57. The highest BCUT2D eigenvalue weighted by Gasteiger charge is 2.30. The second-order valence-electron chi connectivity index (χ2n) is 5.74. The van der Waals surface area contributed by atoms with Gasteiger partial charge in [0.1, 0.15) is 5.75 Å². The quantitative estimate of drug-likeness (QED) is 0.504. The number of nitrogens with zero attached hydrogens (tertiary/aromatic N) is 2. The third kappa shape index (κ3) is 4.09. The number of methoxy groups -OCH3 is 1. The number of alkyl halides is 4. The van der Waals surface area contributed by atoms with Gasteiger partial charge in [-0.25, -0.2) is 0 Å². The Morgan fingerprint density at radius 1 is 1.04 bits per heavy atom. The molecule has 3 nitrogen and oxygen atoms in total. The molecule has 26 heavy (non-hydrogen) atoms. The van der Waals surface area contributed by atoms with Gasteiger partial charge in [0.05, 0.1) is 24.9 Å². The van der Waals surface area contributed by atoms with Crippen LogP contribution < -0.4 is 4.74 Å². The topological polar surface area (TPSA) is 27.1 Å². The van der Waals surface area contributed by atoms with Crippen LogP contribution in [-0.4, -0.2) is 16.9 Å². The predicted octanol–water partition coefficient (Wildman–Crippen LogP) is 5.52. The number of hydrogen-bond acceptors (Lipinski definition) is 2. The molecule has 0 aliphatic carbocycles. The molecule has 0 radical (unpaired) electrons. The van der Waals surface area contributed by atoms with Crippen molar-refractivity contribution in [2.45, 2.75) is 18.1 Å². The number of hydrogen-bond donors (Lipinski definition) is 0. The first-order valence-corrected chi connectivity index (χ1v) is 8.96. The molecule has 0 spiro atoms. The number of rotatable bonds is 5. The summed E-state index contributed by atoms with van der Waals surface area (Å²) in [5, 5.41) is 5.15. The Morgan fingerprint density at radius 3 is 2.23 bits per heavy atom. The van der Waals surface area contributed by atoms with E-state index in [4.69, 9.17) is 4.74 Å². The van der Waals surface area contributed by atoms with Gasteiger partial charge in [-0.2, -0.15) is 18.3 Å². The molecule has 0 unspecified atom stereocenters. The molecular weight excluding hydrogens is 409 g/mol. The average molecular weight is 425 g/mol. The molecule has 1 aromatic heterocycles. The van der Waals surface area contributed by atoms with Crippen molar-refractivity contribution in [3.63, 3.8) is 0 Å². The summed E-state index contributed by atoms with van der Waals surface area (Å²) in [5.74, 6) is 0.778. The normalized spacial score (nSPS) is 11.6. The summed E-state index contributed by atoms with van der Waals surface area (Å²) >= 11 is 3.44. The van der Waals surface area contributed by atoms with E-state index in [0.29, 0.717) is 23.1 Å². The SMILES string of the molecule is COc1ccc(Cn2nc(-c3ccc(C(F)(F)F)cc3)cc2CBr)cc1. The molecule has 0 aliphatic heterocycles. The Labute approximate surface area is 157 Å². The van der Waals surface area contributed by atoms with Crippen molar-refractivity contribution in [1.29, 1.82) is 0 Å². The molecule has 136 valence electrons. The maximum Gasteiger partial charge on any atom is 0.416 e. The molecule has 0 saturated carbocycles. The maximum absolute atomic E-state index is 12.7. The first-order valence-electron chi connectivity index (χ1n) is 7.84. The molecule has 0 saturated heterocycles. The molecule has 0 atom stereocenters. The van der Waals surface area contributed by atoms with E-state index in [1.54, 1.807) is 7.11 Å². The van der Waals surface area contributed by atoms with Crippen molar-refractivity contribution in [3.05, 3.63) is 71.4 Å². The van der Waals surface area contributed by atoms with E-state index in [2.05, 4.69) is 21.0 Å². The second-order valence-corrected chi connectivity index (χ2v) is 6.30. The lowest BCUT2D eigenvalue weighted by atomic mass is 10.1. The van der Waals surface area contributed by atoms with Crippen molar-refractivity contribution in [3.8, 4) is 17.0 Å². The monoisotopic (exact) mass is 424 g/mol. The van der Waals surface area contributed by atoms with E-state index >= 15 is 0 Å². The lowest BCUT2D eigenvalue weighted by molar-refractivity contribution is -0.137. The summed E-state index contributed by atoms with van der Waals surface area (Å²) in [6.07, 6.45) is -4.34. The van der Waals surface area contributed by atoms with Crippen LogP contribution in [0.25, 0.3) is 11.3 Å². The van der Waals surface area contributed by atoms with Gasteiger partial charge in [0.25, 0.3) is 0 Å². The lowest BCUT2D eigenvalue weighted by Crippen LogP contribution is -2.05. The van der Waals surface area contributed by atoms with Crippen LogP contribution in [0.5, 0.6) is 5.75 Å². The summed E-state index contributed by atoms with van der Waals surface area (Å²) in [5.41, 5.74) is 2.61. The van der Waals surface area contributed by atoms with Crippen LogP contribution >= 0.6 is 15.9 Å². The van der Waals surface area contributed by atoms with Crippen LogP contribution in [0.3, 0.4) is 0 Å². The molecule has 3 rings (SSSR count). The zero-order valence-electron chi connectivity index (χ0n) is 13.9. The third-order valence-corrected chi connectivity index (χ3v) is 4.57. The lowest BCUT2D eigenvalue weighted by Gasteiger charge is -2.07. The fourth-order valence-corrected chi connectivity index (χ4v) is 3.03. The Balaban J connectivity index is 1.86. The summed E-state index contributed by atoms with van der Waals surface area (Å²) in [4.78, 5) is 0. The van der Waals surface area contributed by atoms with Gasteiger partial charge in [0.2, 0.25) is 0 Å². The van der Waals surface area contributed by atoms with E-state index in [1.165, 1.54) is 12.1 Å². The number of aromatic nitrogens is 2. The van der Waals surface area contributed by atoms with Gasteiger partial charge < -0.3 is 4.74 Å².